The van der Waals surface area contributed by atoms with E-state index in [9.17, 15) is 4.79 Å². The third-order valence-electron chi connectivity index (χ3n) is 5.10. The van der Waals surface area contributed by atoms with Crippen LogP contribution >= 0.6 is 0 Å². The molecule has 4 rings (SSSR count). The summed E-state index contributed by atoms with van der Waals surface area (Å²) in [6.45, 7) is 4.26. The SMILES string of the molecule is CCN(Cc1ccccc1)c1nccc(C(=O)N2CCCc3ccccc32)n1. The molecule has 28 heavy (non-hydrogen) atoms. The van der Waals surface area contributed by atoms with Crippen LogP contribution in [0.15, 0.2) is 66.9 Å². The zero-order valence-electron chi connectivity index (χ0n) is 16.1. The van der Waals surface area contributed by atoms with Gasteiger partial charge in [0.1, 0.15) is 5.69 Å². The Morgan fingerprint density at radius 1 is 1.07 bits per heavy atom. The average molecular weight is 372 g/mol. The van der Waals surface area contributed by atoms with E-state index in [-0.39, 0.29) is 5.91 Å². The summed E-state index contributed by atoms with van der Waals surface area (Å²) in [4.78, 5) is 26.2. The molecule has 1 aromatic heterocycles. The molecule has 0 saturated carbocycles. The van der Waals surface area contributed by atoms with E-state index in [4.69, 9.17) is 0 Å². The minimum absolute atomic E-state index is 0.0634. The Morgan fingerprint density at radius 3 is 2.68 bits per heavy atom. The van der Waals surface area contributed by atoms with Crippen molar-refractivity contribution in [3.05, 3.63) is 83.7 Å². The molecule has 1 aliphatic rings. The number of nitrogens with zero attached hydrogens (tertiary/aromatic N) is 4. The lowest BCUT2D eigenvalue weighted by Gasteiger charge is -2.29. The van der Waals surface area contributed by atoms with E-state index in [1.165, 1.54) is 11.1 Å². The van der Waals surface area contributed by atoms with Crippen molar-refractivity contribution >= 4 is 17.5 Å². The van der Waals surface area contributed by atoms with Crippen molar-refractivity contribution in [3.8, 4) is 0 Å². The van der Waals surface area contributed by atoms with Gasteiger partial charge in [0.2, 0.25) is 5.95 Å². The molecule has 5 heteroatoms. The van der Waals surface area contributed by atoms with Crippen LogP contribution in [0.2, 0.25) is 0 Å². The molecule has 5 nitrogen and oxygen atoms in total. The molecule has 0 aliphatic carbocycles. The summed E-state index contributed by atoms with van der Waals surface area (Å²) in [6, 6.07) is 20.1. The summed E-state index contributed by atoms with van der Waals surface area (Å²) in [7, 11) is 0. The molecule has 0 saturated heterocycles. The Labute approximate surface area is 165 Å². The topological polar surface area (TPSA) is 49.3 Å². The second kappa shape index (κ2) is 8.21. The van der Waals surface area contributed by atoms with E-state index < -0.39 is 0 Å². The minimum Gasteiger partial charge on any atom is -0.337 e. The summed E-state index contributed by atoms with van der Waals surface area (Å²) in [5, 5.41) is 0. The number of rotatable bonds is 5. The summed E-state index contributed by atoms with van der Waals surface area (Å²) in [5.41, 5.74) is 3.84. The fourth-order valence-electron chi connectivity index (χ4n) is 3.63. The van der Waals surface area contributed by atoms with Crippen molar-refractivity contribution in [2.45, 2.75) is 26.3 Å². The van der Waals surface area contributed by atoms with Gasteiger partial charge >= 0.3 is 0 Å². The van der Waals surface area contributed by atoms with Gasteiger partial charge in [0.25, 0.3) is 5.91 Å². The molecule has 0 bridgehead atoms. The fraction of sp³-hybridized carbons (Fsp3) is 0.261. The summed E-state index contributed by atoms with van der Waals surface area (Å²) >= 11 is 0. The van der Waals surface area contributed by atoms with Gasteiger partial charge in [-0.25, -0.2) is 9.97 Å². The highest BCUT2D eigenvalue weighted by atomic mass is 16.2. The van der Waals surface area contributed by atoms with Crippen LogP contribution in [-0.2, 0) is 13.0 Å². The van der Waals surface area contributed by atoms with Crippen LogP contribution in [0, 0.1) is 0 Å². The molecular formula is C23H24N4O. The maximum Gasteiger partial charge on any atom is 0.277 e. The van der Waals surface area contributed by atoms with Crippen LogP contribution in [0.4, 0.5) is 11.6 Å². The Bertz CT molecular complexity index is 958. The van der Waals surface area contributed by atoms with Crippen LogP contribution in [0.5, 0.6) is 0 Å². The number of amides is 1. The smallest absolute Gasteiger partial charge is 0.277 e. The molecule has 0 N–H and O–H groups in total. The molecule has 2 aromatic carbocycles. The van der Waals surface area contributed by atoms with Crippen molar-refractivity contribution in [1.29, 1.82) is 0 Å². The van der Waals surface area contributed by atoms with Gasteiger partial charge in [0.15, 0.2) is 0 Å². The van der Waals surface area contributed by atoms with E-state index in [0.29, 0.717) is 18.2 Å². The van der Waals surface area contributed by atoms with E-state index in [1.807, 2.05) is 41.3 Å². The number of hydrogen-bond acceptors (Lipinski definition) is 4. The Morgan fingerprint density at radius 2 is 1.86 bits per heavy atom. The zero-order valence-corrected chi connectivity index (χ0v) is 16.1. The predicted octanol–water partition coefficient (Wildman–Crippen LogP) is 4.10. The minimum atomic E-state index is -0.0634. The number of benzene rings is 2. The first-order valence-electron chi connectivity index (χ1n) is 9.78. The van der Waals surface area contributed by atoms with Crippen LogP contribution in [0.1, 0.15) is 35.0 Å². The maximum absolute atomic E-state index is 13.2. The van der Waals surface area contributed by atoms with E-state index >= 15 is 0 Å². The summed E-state index contributed by atoms with van der Waals surface area (Å²) in [5.74, 6) is 0.522. The molecule has 0 unspecified atom stereocenters. The highest BCUT2D eigenvalue weighted by Gasteiger charge is 2.24. The summed E-state index contributed by atoms with van der Waals surface area (Å²) in [6.07, 6.45) is 3.66. The maximum atomic E-state index is 13.2. The van der Waals surface area contributed by atoms with Crippen molar-refractivity contribution in [2.75, 3.05) is 22.9 Å². The Kier molecular flexibility index (Phi) is 5.33. The predicted molar refractivity (Wildman–Crippen MR) is 112 cm³/mol. The lowest BCUT2D eigenvalue weighted by molar-refractivity contribution is 0.0980. The number of carbonyl (C=O) groups is 1. The fourth-order valence-corrected chi connectivity index (χ4v) is 3.63. The van der Waals surface area contributed by atoms with Crippen molar-refractivity contribution in [2.24, 2.45) is 0 Å². The lowest BCUT2D eigenvalue weighted by Crippen LogP contribution is -2.36. The largest absolute Gasteiger partial charge is 0.337 e. The van der Waals surface area contributed by atoms with Crippen LogP contribution < -0.4 is 9.80 Å². The number of fused-ring (bicyclic) bond motifs is 1. The van der Waals surface area contributed by atoms with Crippen LogP contribution in [0.25, 0.3) is 0 Å². The van der Waals surface area contributed by atoms with Gasteiger partial charge in [-0.2, -0.15) is 0 Å². The second-order valence-electron chi connectivity index (χ2n) is 6.93. The van der Waals surface area contributed by atoms with Gasteiger partial charge in [0, 0.05) is 31.5 Å². The lowest BCUT2D eigenvalue weighted by atomic mass is 10.0. The van der Waals surface area contributed by atoms with E-state index in [0.717, 1.165) is 31.6 Å². The quantitative estimate of drug-likeness (QED) is 0.677. The van der Waals surface area contributed by atoms with Gasteiger partial charge in [-0.15, -0.1) is 0 Å². The Hall–Kier alpha value is -3.21. The van der Waals surface area contributed by atoms with Gasteiger partial charge in [0.05, 0.1) is 0 Å². The number of carbonyl (C=O) groups excluding carboxylic acids is 1. The van der Waals surface area contributed by atoms with Gasteiger partial charge < -0.3 is 9.80 Å². The van der Waals surface area contributed by atoms with E-state index in [2.05, 4.69) is 40.0 Å². The second-order valence-corrected chi connectivity index (χ2v) is 6.93. The molecule has 3 aromatic rings. The average Bonchev–Trinajstić information content (AvgIpc) is 2.77. The summed E-state index contributed by atoms with van der Waals surface area (Å²) < 4.78 is 0. The van der Waals surface area contributed by atoms with Gasteiger partial charge in [-0.05, 0) is 43.0 Å². The highest BCUT2D eigenvalue weighted by Crippen LogP contribution is 2.28. The normalized spacial score (nSPS) is 13.1. The highest BCUT2D eigenvalue weighted by molar-refractivity contribution is 6.05. The number of para-hydroxylation sites is 1. The molecule has 0 fully saturated rings. The van der Waals surface area contributed by atoms with Gasteiger partial charge in [-0.1, -0.05) is 48.5 Å². The molecule has 1 aliphatic heterocycles. The Balaban J connectivity index is 1.59. The molecule has 1 amide bonds. The first-order valence-corrected chi connectivity index (χ1v) is 9.78. The molecule has 142 valence electrons. The molecular weight excluding hydrogens is 348 g/mol. The third-order valence-corrected chi connectivity index (χ3v) is 5.10. The van der Waals surface area contributed by atoms with Crippen molar-refractivity contribution in [1.82, 2.24) is 9.97 Å². The van der Waals surface area contributed by atoms with Crippen molar-refractivity contribution in [3.63, 3.8) is 0 Å². The first kappa shape index (κ1) is 18.2. The molecule has 0 radical (unpaired) electrons. The van der Waals surface area contributed by atoms with Crippen molar-refractivity contribution < 1.29 is 4.79 Å². The number of aromatic nitrogens is 2. The van der Waals surface area contributed by atoms with E-state index in [1.54, 1.807) is 12.3 Å². The zero-order chi connectivity index (χ0) is 19.3. The standard InChI is InChI=1S/C23H24N4O/c1-2-26(17-18-9-4-3-5-10-18)23-24-15-14-20(25-23)22(28)27-16-8-12-19-11-6-7-13-21(19)27/h3-7,9-11,13-15H,2,8,12,16-17H2,1H3. The molecule has 2 heterocycles. The number of hydrogen-bond donors (Lipinski definition) is 0. The third kappa shape index (κ3) is 3.74. The molecule has 0 atom stereocenters. The number of aryl methyl sites for hydroxylation is 1. The van der Waals surface area contributed by atoms with Gasteiger partial charge in [-0.3, -0.25) is 4.79 Å². The monoisotopic (exact) mass is 372 g/mol. The first-order chi connectivity index (χ1) is 13.8. The number of anilines is 2. The molecule has 0 spiro atoms. The van der Waals surface area contributed by atoms with Crippen LogP contribution in [0.3, 0.4) is 0 Å². The van der Waals surface area contributed by atoms with Crippen LogP contribution in [-0.4, -0.2) is 29.0 Å².